The molecule has 0 bridgehead atoms. The zero-order valence-electron chi connectivity index (χ0n) is 9.37. The molecule has 0 unspecified atom stereocenters. The summed E-state index contributed by atoms with van der Waals surface area (Å²) in [6.45, 7) is 1.56. The molecule has 0 saturated carbocycles. The number of hydrogen-bond acceptors (Lipinski definition) is 3. The Morgan fingerprint density at radius 1 is 1.60 bits per heavy atom. The van der Waals surface area contributed by atoms with E-state index < -0.39 is 0 Å². The number of ketones is 1. The van der Waals surface area contributed by atoms with E-state index in [1.54, 1.807) is 32.2 Å². The number of carbonyl (C=O) groups is 1. The van der Waals surface area contributed by atoms with E-state index in [4.69, 9.17) is 5.11 Å². The van der Waals surface area contributed by atoms with Crippen molar-refractivity contribution in [3.8, 4) is 5.75 Å². The Kier molecular flexibility index (Phi) is 7.69. The van der Waals surface area contributed by atoms with Crippen molar-refractivity contribution in [3.05, 3.63) is 29.8 Å². The number of phenolic OH excluding ortho intramolecular Hbond substituents is 1. The van der Waals surface area contributed by atoms with Crippen LogP contribution in [0.25, 0.3) is 0 Å². The number of benzene rings is 1. The Morgan fingerprint density at radius 3 is 2.67 bits per heavy atom. The van der Waals surface area contributed by atoms with E-state index in [2.05, 4.69) is 11.4 Å². The second kappa shape index (κ2) is 7.54. The summed E-state index contributed by atoms with van der Waals surface area (Å²) >= 11 is 0. The fourth-order valence-corrected chi connectivity index (χ4v) is 1.26. The van der Waals surface area contributed by atoms with Crippen molar-refractivity contribution in [1.82, 2.24) is 5.32 Å². The van der Waals surface area contributed by atoms with Crippen LogP contribution < -0.4 is 56.7 Å². The minimum atomic E-state index is -0.159. The third kappa shape index (κ3) is 5.24. The van der Waals surface area contributed by atoms with Gasteiger partial charge in [-0.1, -0.05) is 6.42 Å². The fourth-order valence-electron chi connectivity index (χ4n) is 1.26. The van der Waals surface area contributed by atoms with Gasteiger partial charge < -0.3 is 10.4 Å². The molecule has 0 heterocycles. The van der Waals surface area contributed by atoms with E-state index in [-0.39, 0.29) is 69.0 Å². The Hall–Kier alpha value is 0.286. The molecule has 1 aromatic rings. The summed E-state index contributed by atoms with van der Waals surface area (Å²) in [6.07, 6.45) is 0.628. The summed E-state index contributed by atoms with van der Waals surface area (Å²) in [5.74, 6) is 0.234. The first-order valence-corrected chi connectivity index (χ1v) is 4.50. The van der Waals surface area contributed by atoms with Crippen LogP contribution >= 0.6 is 0 Å². The summed E-state index contributed by atoms with van der Waals surface area (Å²) in [5, 5.41) is 12.0. The molecule has 0 saturated heterocycles. The van der Waals surface area contributed by atoms with Crippen molar-refractivity contribution in [2.45, 2.75) is 19.4 Å². The Morgan fingerprint density at radius 2 is 2.27 bits per heavy atom. The van der Waals surface area contributed by atoms with E-state index in [9.17, 15) is 4.79 Å². The smallest absolute Gasteiger partial charge is 0.534 e. The van der Waals surface area contributed by atoms with E-state index in [0.29, 0.717) is 6.42 Å². The first-order chi connectivity index (χ1) is 6.63. The van der Waals surface area contributed by atoms with Crippen LogP contribution in [0, 0.1) is 6.07 Å². The Balaban J connectivity index is 0.00000196. The van der Waals surface area contributed by atoms with E-state index >= 15 is 0 Å². The molecule has 1 atom stereocenters. The van der Waals surface area contributed by atoms with Gasteiger partial charge in [-0.05, 0) is 14.0 Å². The SMILES string of the molecule is CN[C@@H](Cc1c[c-]c(O)cc1)C(C)=O.[K+]. The van der Waals surface area contributed by atoms with Crippen LogP contribution in [0.3, 0.4) is 0 Å². The Bertz CT molecular complexity index is 311. The van der Waals surface area contributed by atoms with E-state index in [1.807, 2.05) is 0 Å². The summed E-state index contributed by atoms with van der Waals surface area (Å²) < 4.78 is 0. The van der Waals surface area contributed by atoms with Crippen molar-refractivity contribution in [2.75, 3.05) is 7.05 Å². The standard InChI is InChI=1S/C11H14NO2.K/c1-8(13)11(12-2)7-9-3-5-10(14)6-4-9;/h3-5,11-12,14H,7H2,1-2H3;/q-1;+1/t11-;/m0./s1. The van der Waals surface area contributed by atoms with Crippen molar-refractivity contribution < 1.29 is 61.3 Å². The molecule has 4 heteroatoms. The summed E-state index contributed by atoms with van der Waals surface area (Å²) in [6, 6.07) is 7.58. The maximum atomic E-state index is 11.1. The molecule has 76 valence electrons. The van der Waals surface area contributed by atoms with Crippen LogP contribution in [-0.4, -0.2) is 24.0 Å². The number of rotatable bonds is 4. The van der Waals surface area contributed by atoms with Gasteiger partial charge in [0.25, 0.3) is 0 Å². The summed E-state index contributed by atoms with van der Waals surface area (Å²) in [4.78, 5) is 11.1. The zero-order chi connectivity index (χ0) is 10.6. The molecule has 3 nitrogen and oxygen atoms in total. The van der Waals surface area contributed by atoms with Crippen LogP contribution in [0.4, 0.5) is 0 Å². The quantitative estimate of drug-likeness (QED) is 0.462. The zero-order valence-corrected chi connectivity index (χ0v) is 12.5. The molecule has 1 rings (SSSR count). The second-order valence-corrected chi connectivity index (χ2v) is 3.24. The van der Waals surface area contributed by atoms with Gasteiger partial charge in [0.05, 0.1) is 6.04 Å². The predicted molar refractivity (Wildman–Crippen MR) is 54.2 cm³/mol. The van der Waals surface area contributed by atoms with E-state index in [0.717, 1.165) is 5.56 Å². The van der Waals surface area contributed by atoms with Crippen LogP contribution in [0.1, 0.15) is 12.5 Å². The molecule has 0 fully saturated rings. The van der Waals surface area contributed by atoms with Crippen LogP contribution in [0.2, 0.25) is 0 Å². The van der Waals surface area contributed by atoms with Gasteiger partial charge in [0.1, 0.15) is 5.78 Å². The number of carbonyl (C=O) groups excluding carboxylic acids is 1. The minimum absolute atomic E-state index is 0. The largest absolute Gasteiger partial charge is 1.00 e. The van der Waals surface area contributed by atoms with Gasteiger partial charge in [-0.25, -0.2) is 0 Å². The summed E-state index contributed by atoms with van der Waals surface area (Å²) in [7, 11) is 1.76. The van der Waals surface area contributed by atoms with Gasteiger partial charge in [0, 0.05) is 5.75 Å². The van der Waals surface area contributed by atoms with Crippen LogP contribution in [0.5, 0.6) is 5.75 Å². The van der Waals surface area contributed by atoms with Crippen molar-refractivity contribution in [2.24, 2.45) is 0 Å². The number of Topliss-reactive ketones (excluding diaryl/α,β-unsaturated/α-hetero) is 1. The van der Waals surface area contributed by atoms with Gasteiger partial charge in [-0.15, -0.1) is 12.1 Å². The van der Waals surface area contributed by atoms with Crippen LogP contribution in [-0.2, 0) is 11.2 Å². The van der Waals surface area contributed by atoms with Crippen LogP contribution in [0.15, 0.2) is 18.2 Å². The number of aromatic hydroxyl groups is 1. The molecule has 0 radical (unpaired) electrons. The average Bonchev–Trinajstić information content (AvgIpc) is 2.16. The first-order valence-electron chi connectivity index (χ1n) is 4.50. The Labute approximate surface area is 133 Å². The van der Waals surface area contributed by atoms with Gasteiger partial charge in [-0.3, -0.25) is 4.79 Å². The average molecular weight is 231 g/mol. The van der Waals surface area contributed by atoms with Crippen molar-refractivity contribution >= 4 is 5.78 Å². The molecule has 0 amide bonds. The monoisotopic (exact) mass is 231 g/mol. The normalized spacial score (nSPS) is 11.6. The third-order valence-electron chi connectivity index (χ3n) is 2.14. The molecule has 15 heavy (non-hydrogen) atoms. The topological polar surface area (TPSA) is 49.3 Å². The number of hydrogen-bond donors (Lipinski definition) is 2. The minimum Gasteiger partial charge on any atom is -0.534 e. The summed E-state index contributed by atoms with van der Waals surface area (Å²) in [5.41, 5.74) is 0.984. The molecular formula is C11H14KNO2. The fraction of sp³-hybridized carbons (Fsp3) is 0.364. The predicted octanol–water partition coefficient (Wildman–Crippen LogP) is -2.08. The molecule has 2 N–H and O–H groups in total. The maximum absolute atomic E-state index is 11.1. The van der Waals surface area contributed by atoms with Crippen molar-refractivity contribution in [3.63, 3.8) is 0 Å². The second-order valence-electron chi connectivity index (χ2n) is 3.24. The molecule has 0 aliphatic rings. The molecule has 0 aromatic heterocycles. The molecule has 0 aliphatic heterocycles. The molecule has 0 spiro atoms. The van der Waals surface area contributed by atoms with Gasteiger partial charge in [0.2, 0.25) is 0 Å². The number of nitrogens with one attached hydrogen (secondary N) is 1. The molecule has 1 aromatic carbocycles. The maximum Gasteiger partial charge on any atom is 1.00 e. The molecular weight excluding hydrogens is 217 g/mol. The van der Waals surface area contributed by atoms with Gasteiger partial charge in [-0.2, -0.15) is 17.7 Å². The number of likely N-dealkylation sites (N-methyl/N-ethyl adjacent to an activating group) is 1. The number of phenols is 1. The molecule has 0 aliphatic carbocycles. The van der Waals surface area contributed by atoms with E-state index in [1.165, 1.54) is 0 Å². The van der Waals surface area contributed by atoms with Crippen molar-refractivity contribution in [1.29, 1.82) is 0 Å². The third-order valence-corrected chi connectivity index (χ3v) is 2.14. The van der Waals surface area contributed by atoms with Gasteiger partial charge >= 0.3 is 51.4 Å². The first kappa shape index (κ1) is 15.3. The van der Waals surface area contributed by atoms with Gasteiger partial charge in [0.15, 0.2) is 0 Å².